The highest BCUT2D eigenvalue weighted by atomic mass is 19.1. The van der Waals surface area contributed by atoms with Gasteiger partial charge in [-0.1, -0.05) is 12.2 Å². The number of carbonyl (C=O) groups is 1. The lowest BCUT2D eigenvalue weighted by atomic mass is 9.90. The quantitative estimate of drug-likeness (QED) is 0.536. The fraction of sp³-hybridized carbons (Fsp3) is 0.192. The monoisotopic (exact) mass is 446 g/mol. The number of rotatable bonds is 3. The predicted molar refractivity (Wildman–Crippen MR) is 122 cm³/mol. The number of nitrogens with zero attached hydrogens (tertiary/aromatic N) is 1. The van der Waals surface area contributed by atoms with Gasteiger partial charge in [0.15, 0.2) is 11.6 Å². The molecule has 0 saturated heterocycles. The summed E-state index contributed by atoms with van der Waals surface area (Å²) in [6.07, 6.45) is 8.91. The number of amides is 1. The van der Waals surface area contributed by atoms with E-state index in [1.807, 2.05) is 30.4 Å². The van der Waals surface area contributed by atoms with Crippen LogP contribution in [0.15, 0.2) is 72.0 Å². The second-order valence-electron chi connectivity index (χ2n) is 8.19. The van der Waals surface area contributed by atoms with Crippen LogP contribution in [0, 0.1) is 5.82 Å². The number of phenolic OH excluding ortho intramolecular Hbond substituents is 2. The summed E-state index contributed by atoms with van der Waals surface area (Å²) in [5.41, 5.74) is 4.02. The van der Waals surface area contributed by atoms with Crippen molar-refractivity contribution in [1.29, 1.82) is 0 Å². The Hall–Kier alpha value is -4.00. The molecule has 0 radical (unpaired) electrons. The molecule has 7 heteroatoms. The number of fused-ring (bicyclic) bond motifs is 3. The highest BCUT2D eigenvalue weighted by molar-refractivity contribution is 5.96. The normalized spacial score (nSPS) is 17.9. The van der Waals surface area contributed by atoms with Crippen molar-refractivity contribution in [1.82, 2.24) is 9.88 Å². The molecular weight excluding hydrogens is 423 g/mol. The number of phenols is 2. The molecule has 3 aromatic rings. The summed E-state index contributed by atoms with van der Waals surface area (Å²) < 4.78 is 19.0. The molecule has 2 aliphatic rings. The summed E-state index contributed by atoms with van der Waals surface area (Å²) in [7, 11) is 1.61. The third kappa shape index (κ3) is 3.65. The fourth-order valence-electron chi connectivity index (χ4n) is 4.66. The smallest absolute Gasteiger partial charge is 0.254 e. The molecule has 1 aliphatic carbocycles. The number of allylic oxidation sites excluding steroid dienone is 4. The first-order chi connectivity index (χ1) is 16.0. The van der Waals surface area contributed by atoms with Crippen molar-refractivity contribution in [3.8, 4) is 11.5 Å². The van der Waals surface area contributed by atoms with E-state index in [1.54, 1.807) is 24.1 Å². The molecule has 168 valence electrons. The Labute approximate surface area is 189 Å². The van der Waals surface area contributed by atoms with Crippen LogP contribution in [0.1, 0.15) is 34.1 Å². The average molecular weight is 446 g/mol. The number of aromatic hydroxyl groups is 2. The first kappa shape index (κ1) is 20.9. The summed E-state index contributed by atoms with van der Waals surface area (Å²) >= 11 is 0. The number of halogens is 1. The largest absolute Gasteiger partial charge is 0.508 e. The van der Waals surface area contributed by atoms with Crippen LogP contribution in [0.2, 0.25) is 0 Å². The van der Waals surface area contributed by atoms with Crippen LogP contribution in [-0.4, -0.2) is 39.7 Å². The molecule has 1 unspecified atom stereocenters. The fourth-order valence-corrected chi connectivity index (χ4v) is 4.66. The summed E-state index contributed by atoms with van der Waals surface area (Å²) in [6.45, 7) is 0.430. The maximum Gasteiger partial charge on any atom is 0.254 e. The van der Waals surface area contributed by atoms with E-state index >= 15 is 0 Å². The van der Waals surface area contributed by atoms with Gasteiger partial charge in [0.25, 0.3) is 5.91 Å². The van der Waals surface area contributed by atoms with Crippen molar-refractivity contribution in [2.75, 3.05) is 13.7 Å². The summed E-state index contributed by atoms with van der Waals surface area (Å²) in [6, 6.07) is 8.44. The maximum atomic E-state index is 13.6. The van der Waals surface area contributed by atoms with E-state index in [0.717, 1.165) is 39.9 Å². The molecule has 2 aromatic carbocycles. The van der Waals surface area contributed by atoms with Crippen molar-refractivity contribution < 1.29 is 24.1 Å². The standard InChI is InChI=1S/C26H23FN2O4/c1-33-18-4-2-3-15(5-8-18)25-24-19(20-14-17(30)7-10-22(20)28-24)11-12-29(25)26(32)16-6-9-21(27)23(31)13-16/h2,4-10,13-14,25,28,30-31H,3,11-12H2,1H3. The number of carbonyl (C=O) groups excluding carboxylic acids is 1. The zero-order chi connectivity index (χ0) is 23.1. The topological polar surface area (TPSA) is 85.8 Å². The molecule has 2 heterocycles. The van der Waals surface area contributed by atoms with Crippen LogP contribution in [0.3, 0.4) is 0 Å². The number of nitrogens with one attached hydrogen (secondary N) is 1. The lowest BCUT2D eigenvalue weighted by Crippen LogP contribution is -2.41. The van der Waals surface area contributed by atoms with Gasteiger partial charge in [-0.15, -0.1) is 0 Å². The van der Waals surface area contributed by atoms with Crippen molar-refractivity contribution in [2.45, 2.75) is 18.9 Å². The van der Waals surface area contributed by atoms with E-state index in [4.69, 9.17) is 4.74 Å². The minimum atomic E-state index is -0.770. The number of hydrogen-bond donors (Lipinski definition) is 3. The van der Waals surface area contributed by atoms with Gasteiger partial charge >= 0.3 is 0 Å². The molecule has 1 atom stereocenters. The molecule has 3 N–H and O–H groups in total. The van der Waals surface area contributed by atoms with Crippen LogP contribution in [0.4, 0.5) is 4.39 Å². The first-order valence-corrected chi connectivity index (χ1v) is 10.7. The van der Waals surface area contributed by atoms with E-state index < -0.39 is 17.6 Å². The SMILES string of the molecule is COC1=CC=C(C2c3[nH]c4ccc(O)cc4c3CCN2C(=O)c2ccc(F)c(O)c2)CC=C1. The van der Waals surface area contributed by atoms with Gasteiger partial charge in [0, 0.05) is 28.7 Å². The van der Waals surface area contributed by atoms with E-state index in [-0.39, 0.29) is 17.2 Å². The Balaban J connectivity index is 1.65. The second-order valence-corrected chi connectivity index (χ2v) is 8.19. The average Bonchev–Trinajstić information content (AvgIpc) is 3.01. The van der Waals surface area contributed by atoms with Crippen molar-refractivity contribution in [2.24, 2.45) is 0 Å². The Kier molecular flexibility index (Phi) is 5.17. The van der Waals surface area contributed by atoms with Crippen molar-refractivity contribution in [3.63, 3.8) is 0 Å². The zero-order valence-electron chi connectivity index (χ0n) is 18.0. The van der Waals surface area contributed by atoms with Gasteiger partial charge in [-0.25, -0.2) is 4.39 Å². The maximum absolute atomic E-state index is 13.6. The molecule has 0 bridgehead atoms. The molecule has 33 heavy (non-hydrogen) atoms. The molecule has 0 saturated carbocycles. The minimum Gasteiger partial charge on any atom is -0.508 e. The highest BCUT2D eigenvalue weighted by Crippen LogP contribution is 2.41. The predicted octanol–water partition coefficient (Wildman–Crippen LogP) is 4.87. The van der Waals surface area contributed by atoms with Gasteiger partial charge in [-0.2, -0.15) is 0 Å². The van der Waals surface area contributed by atoms with Gasteiger partial charge < -0.3 is 24.8 Å². The number of H-pyrrole nitrogens is 1. The van der Waals surface area contributed by atoms with Gasteiger partial charge in [0.2, 0.25) is 0 Å². The number of benzene rings is 2. The summed E-state index contributed by atoms with van der Waals surface area (Å²) in [4.78, 5) is 18.8. The molecule has 1 aromatic heterocycles. The van der Waals surface area contributed by atoms with Crippen molar-refractivity contribution in [3.05, 3.63) is 94.7 Å². The third-order valence-electron chi connectivity index (χ3n) is 6.25. The number of methoxy groups -OCH3 is 1. The van der Waals surface area contributed by atoms with Crippen LogP contribution in [0.25, 0.3) is 10.9 Å². The lowest BCUT2D eigenvalue weighted by molar-refractivity contribution is 0.0686. The highest BCUT2D eigenvalue weighted by Gasteiger charge is 2.36. The van der Waals surface area contributed by atoms with E-state index in [9.17, 15) is 19.4 Å². The number of aromatic amines is 1. The van der Waals surface area contributed by atoms with E-state index in [1.165, 1.54) is 6.07 Å². The van der Waals surface area contributed by atoms with Crippen molar-refractivity contribution >= 4 is 16.8 Å². The molecule has 6 nitrogen and oxygen atoms in total. The Morgan fingerprint density at radius 3 is 2.82 bits per heavy atom. The second kappa shape index (κ2) is 8.16. The van der Waals surface area contributed by atoms with Gasteiger partial charge in [0.1, 0.15) is 11.5 Å². The van der Waals surface area contributed by atoms with Gasteiger partial charge in [-0.05, 0) is 72.5 Å². The first-order valence-electron chi connectivity index (χ1n) is 10.7. The Morgan fingerprint density at radius 2 is 2.03 bits per heavy atom. The third-order valence-corrected chi connectivity index (χ3v) is 6.25. The molecule has 5 rings (SSSR count). The molecule has 0 spiro atoms. The minimum absolute atomic E-state index is 0.186. The number of aromatic nitrogens is 1. The van der Waals surface area contributed by atoms with Crippen LogP contribution in [-0.2, 0) is 11.2 Å². The van der Waals surface area contributed by atoms with Crippen LogP contribution < -0.4 is 0 Å². The molecule has 1 amide bonds. The lowest BCUT2D eigenvalue weighted by Gasteiger charge is -2.37. The van der Waals surface area contributed by atoms with Gasteiger partial charge in [-0.3, -0.25) is 4.79 Å². The zero-order valence-corrected chi connectivity index (χ0v) is 18.0. The number of hydrogen-bond acceptors (Lipinski definition) is 4. The Bertz CT molecular complexity index is 1350. The van der Waals surface area contributed by atoms with Gasteiger partial charge in [0.05, 0.1) is 13.2 Å². The molecule has 1 aliphatic heterocycles. The number of ether oxygens (including phenoxy) is 1. The van der Waals surface area contributed by atoms with E-state index in [2.05, 4.69) is 4.98 Å². The Morgan fingerprint density at radius 1 is 1.18 bits per heavy atom. The molecule has 0 fully saturated rings. The molecular formula is C26H23FN2O4. The summed E-state index contributed by atoms with van der Waals surface area (Å²) in [5.74, 6) is -0.726. The van der Waals surface area contributed by atoms with E-state index in [0.29, 0.717) is 25.1 Å². The van der Waals surface area contributed by atoms with Crippen LogP contribution in [0.5, 0.6) is 11.5 Å². The summed E-state index contributed by atoms with van der Waals surface area (Å²) in [5, 5.41) is 20.8. The van der Waals surface area contributed by atoms with Crippen LogP contribution >= 0.6 is 0 Å².